The summed E-state index contributed by atoms with van der Waals surface area (Å²) in [4.78, 5) is 6.71. The summed E-state index contributed by atoms with van der Waals surface area (Å²) in [6, 6.07) is 7.78. The van der Waals surface area contributed by atoms with Crippen molar-refractivity contribution >= 4 is 21.7 Å². The van der Waals surface area contributed by atoms with Gasteiger partial charge in [0.25, 0.3) is 0 Å². The Morgan fingerprint density at radius 1 is 1.19 bits per heavy atom. The molecule has 0 radical (unpaired) electrons. The van der Waals surface area contributed by atoms with Crippen molar-refractivity contribution < 1.29 is 8.42 Å². The topological polar surface area (TPSA) is 65.0 Å². The molecule has 148 valence electrons. The molecule has 7 heteroatoms. The van der Waals surface area contributed by atoms with Gasteiger partial charge in [0, 0.05) is 33.2 Å². The van der Waals surface area contributed by atoms with E-state index < -0.39 is 10.0 Å². The zero-order valence-corrected chi connectivity index (χ0v) is 17.0. The standard InChI is InChI=1S/C20H30N4O2S/c1-21-19(23-14-11-20(16-23)9-4-5-10-20)22-12-15-27(25,26)24-13-8-17-6-2-3-7-18(17)24/h2-3,6-7H,4-5,8-16H2,1H3,(H,21,22). The van der Waals surface area contributed by atoms with Crippen LogP contribution in [-0.2, 0) is 16.4 Å². The third kappa shape index (κ3) is 3.66. The van der Waals surface area contributed by atoms with Gasteiger partial charge in [-0.1, -0.05) is 31.0 Å². The van der Waals surface area contributed by atoms with Crippen LogP contribution in [0.1, 0.15) is 37.7 Å². The molecule has 2 heterocycles. The number of nitrogens with zero attached hydrogens (tertiary/aromatic N) is 3. The van der Waals surface area contributed by atoms with Crippen LogP contribution in [0.15, 0.2) is 29.3 Å². The van der Waals surface area contributed by atoms with Crippen LogP contribution in [0.25, 0.3) is 0 Å². The predicted molar refractivity (Wildman–Crippen MR) is 110 cm³/mol. The molecule has 0 atom stereocenters. The second kappa shape index (κ2) is 7.34. The number of para-hydroxylation sites is 1. The number of likely N-dealkylation sites (tertiary alicyclic amines) is 1. The number of anilines is 1. The Balaban J connectivity index is 1.33. The summed E-state index contributed by atoms with van der Waals surface area (Å²) < 4.78 is 27.2. The molecule has 0 amide bonds. The van der Waals surface area contributed by atoms with E-state index in [9.17, 15) is 8.42 Å². The second-order valence-corrected chi connectivity index (χ2v) is 10.1. The first-order chi connectivity index (χ1) is 13.0. The first kappa shape index (κ1) is 18.6. The highest BCUT2D eigenvalue weighted by Crippen LogP contribution is 2.45. The molecule has 1 N–H and O–H groups in total. The smallest absolute Gasteiger partial charge is 0.236 e. The van der Waals surface area contributed by atoms with Crippen molar-refractivity contribution in [2.24, 2.45) is 10.4 Å². The van der Waals surface area contributed by atoms with E-state index in [1.54, 1.807) is 11.4 Å². The van der Waals surface area contributed by atoms with Gasteiger partial charge in [-0.3, -0.25) is 9.30 Å². The molecular weight excluding hydrogens is 360 g/mol. The van der Waals surface area contributed by atoms with Crippen LogP contribution in [-0.4, -0.2) is 58.3 Å². The molecule has 1 aromatic rings. The minimum atomic E-state index is -3.33. The third-order valence-corrected chi connectivity index (χ3v) is 8.21. The normalized spacial score (nSPS) is 21.9. The summed E-state index contributed by atoms with van der Waals surface area (Å²) in [6.45, 7) is 3.01. The van der Waals surface area contributed by atoms with Gasteiger partial charge in [0.1, 0.15) is 0 Å². The second-order valence-electron chi connectivity index (χ2n) is 8.12. The van der Waals surface area contributed by atoms with Crippen molar-refractivity contribution in [2.45, 2.75) is 38.5 Å². The van der Waals surface area contributed by atoms with Crippen molar-refractivity contribution in [2.75, 3.05) is 43.3 Å². The Bertz CT molecular complexity index is 815. The summed E-state index contributed by atoms with van der Waals surface area (Å²) in [7, 11) is -1.54. The predicted octanol–water partition coefficient (Wildman–Crippen LogP) is 2.22. The lowest BCUT2D eigenvalue weighted by Gasteiger charge is -2.26. The van der Waals surface area contributed by atoms with Gasteiger partial charge >= 0.3 is 0 Å². The van der Waals surface area contributed by atoms with E-state index in [0.29, 0.717) is 18.5 Å². The summed E-state index contributed by atoms with van der Waals surface area (Å²) in [5.41, 5.74) is 2.43. The number of aliphatic imine (C=N–C) groups is 1. The number of hydrogen-bond donors (Lipinski definition) is 1. The summed E-state index contributed by atoms with van der Waals surface area (Å²) in [6.07, 6.45) is 7.36. The van der Waals surface area contributed by atoms with Crippen molar-refractivity contribution in [3.8, 4) is 0 Å². The Morgan fingerprint density at radius 2 is 1.96 bits per heavy atom. The fourth-order valence-corrected chi connectivity index (χ4v) is 6.41. The number of guanidine groups is 1. The Kier molecular flexibility index (Phi) is 5.05. The number of sulfonamides is 1. The molecule has 1 aromatic carbocycles. The molecule has 0 aromatic heterocycles. The lowest BCUT2D eigenvalue weighted by atomic mass is 9.86. The van der Waals surface area contributed by atoms with Gasteiger partial charge in [-0.05, 0) is 42.7 Å². The van der Waals surface area contributed by atoms with E-state index in [0.717, 1.165) is 36.7 Å². The highest BCUT2D eigenvalue weighted by atomic mass is 32.2. The van der Waals surface area contributed by atoms with Gasteiger partial charge in [-0.2, -0.15) is 0 Å². The molecule has 4 rings (SSSR count). The fourth-order valence-electron chi connectivity index (χ4n) is 4.98. The van der Waals surface area contributed by atoms with Crippen molar-refractivity contribution in [3.63, 3.8) is 0 Å². The maximum Gasteiger partial charge on any atom is 0.236 e. The minimum absolute atomic E-state index is 0.0827. The molecule has 6 nitrogen and oxygen atoms in total. The molecule has 1 saturated carbocycles. The monoisotopic (exact) mass is 390 g/mol. The van der Waals surface area contributed by atoms with Gasteiger partial charge in [0.15, 0.2) is 5.96 Å². The fraction of sp³-hybridized carbons (Fsp3) is 0.650. The van der Waals surface area contributed by atoms with Crippen LogP contribution in [0.3, 0.4) is 0 Å². The third-order valence-electron chi connectivity index (χ3n) is 6.44. The number of benzene rings is 1. The van der Waals surface area contributed by atoms with Gasteiger partial charge < -0.3 is 10.2 Å². The lowest BCUT2D eigenvalue weighted by molar-refractivity contribution is 0.309. The van der Waals surface area contributed by atoms with Crippen LogP contribution in [0.2, 0.25) is 0 Å². The van der Waals surface area contributed by atoms with Crippen molar-refractivity contribution in [3.05, 3.63) is 29.8 Å². The van der Waals surface area contributed by atoms with E-state index in [-0.39, 0.29) is 5.75 Å². The average molecular weight is 391 g/mol. The maximum atomic E-state index is 12.8. The van der Waals surface area contributed by atoms with E-state index in [1.807, 2.05) is 24.3 Å². The molecule has 27 heavy (non-hydrogen) atoms. The van der Waals surface area contributed by atoms with Crippen molar-refractivity contribution in [1.82, 2.24) is 10.2 Å². The Labute approximate surface area is 162 Å². The molecule has 2 aliphatic heterocycles. The van der Waals surface area contributed by atoms with Crippen LogP contribution < -0.4 is 9.62 Å². The van der Waals surface area contributed by atoms with Crippen LogP contribution in [0.4, 0.5) is 5.69 Å². The van der Waals surface area contributed by atoms with Crippen LogP contribution in [0, 0.1) is 5.41 Å². The molecular formula is C20H30N4O2S. The lowest BCUT2D eigenvalue weighted by Crippen LogP contribution is -2.44. The molecule has 2 fully saturated rings. The van der Waals surface area contributed by atoms with Gasteiger partial charge in [-0.25, -0.2) is 8.42 Å². The van der Waals surface area contributed by atoms with E-state index >= 15 is 0 Å². The zero-order valence-electron chi connectivity index (χ0n) is 16.2. The first-order valence-corrected chi connectivity index (χ1v) is 11.7. The van der Waals surface area contributed by atoms with Crippen molar-refractivity contribution in [1.29, 1.82) is 0 Å². The summed E-state index contributed by atoms with van der Waals surface area (Å²) in [5.74, 6) is 0.926. The maximum absolute atomic E-state index is 12.8. The minimum Gasteiger partial charge on any atom is -0.355 e. The van der Waals surface area contributed by atoms with Crippen LogP contribution >= 0.6 is 0 Å². The Hall–Kier alpha value is -1.76. The van der Waals surface area contributed by atoms with E-state index in [1.165, 1.54) is 32.1 Å². The van der Waals surface area contributed by atoms with Crippen LogP contribution in [0.5, 0.6) is 0 Å². The number of nitrogens with one attached hydrogen (secondary N) is 1. The van der Waals surface area contributed by atoms with Gasteiger partial charge in [-0.15, -0.1) is 0 Å². The molecule has 0 unspecified atom stereocenters. The van der Waals surface area contributed by atoms with E-state index in [4.69, 9.17) is 0 Å². The summed E-state index contributed by atoms with van der Waals surface area (Å²) >= 11 is 0. The molecule has 1 spiro atoms. The molecule has 1 saturated heterocycles. The largest absolute Gasteiger partial charge is 0.355 e. The molecule has 0 bridgehead atoms. The average Bonchev–Trinajstić information content (AvgIpc) is 3.39. The SMILES string of the molecule is CN=C(NCCS(=O)(=O)N1CCc2ccccc21)N1CCC2(CCCC2)C1. The number of fused-ring (bicyclic) bond motifs is 1. The first-order valence-electron chi connectivity index (χ1n) is 10.1. The zero-order chi connectivity index (χ0) is 18.9. The highest BCUT2D eigenvalue weighted by molar-refractivity contribution is 7.92. The Morgan fingerprint density at radius 3 is 2.74 bits per heavy atom. The van der Waals surface area contributed by atoms with E-state index in [2.05, 4.69) is 15.2 Å². The highest BCUT2D eigenvalue weighted by Gasteiger charge is 2.41. The van der Waals surface area contributed by atoms with Gasteiger partial charge in [0.05, 0.1) is 11.4 Å². The quantitative estimate of drug-likeness (QED) is 0.632. The summed E-state index contributed by atoms with van der Waals surface area (Å²) in [5, 5.41) is 3.29. The molecule has 3 aliphatic rings. The number of rotatable bonds is 4. The van der Waals surface area contributed by atoms with Gasteiger partial charge in [0.2, 0.25) is 10.0 Å². The number of hydrogen-bond acceptors (Lipinski definition) is 3. The molecule has 1 aliphatic carbocycles.